The van der Waals surface area contributed by atoms with Crippen LogP contribution in [0.25, 0.3) is 10.8 Å². The van der Waals surface area contributed by atoms with Crippen molar-refractivity contribution in [3.05, 3.63) is 48.0 Å². The lowest BCUT2D eigenvalue weighted by molar-refractivity contribution is 0.306. The lowest BCUT2D eigenvalue weighted by atomic mass is 9.82. The molecule has 0 saturated heterocycles. The molecule has 2 aromatic carbocycles. The highest BCUT2D eigenvalue weighted by molar-refractivity contribution is 5.85. The van der Waals surface area contributed by atoms with Gasteiger partial charge in [-0.15, -0.1) is 0 Å². The lowest BCUT2D eigenvalue weighted by Crippen LogP contribution is -2.20. The van der Waals surface area contributed by atoms with Gasteiger partial charge in [-0.25, -0.2) is 0 Å². The zero-order valence-corrected chi connectivity index (χ0v) is 12.4. The first-order valence-corrected chi connectivity index (χ1v) is 7.24. The predicted molar refractivity (Wildman–Crippen MR) is 84.6 cm³/mol. The van der Waals surface area contributed by atoms with E-state index in [2.05, 4.69) is 61.6 Å². The first-order valence-electron chi connectivity index (χ1n) is 7.24. The lowest BCUT2D eigenvalue weighted by Gasteiger charge is -2.24. The Morgan fingerprint density at radius 1 is 0.947 bits per heavy atom. The Morgan fingerprint density at radius 3 is 2.47 bits per heavy atom. The zero-order chi connectivity index (χ0) is 13.7. The van der Waals surface area contributed by atoms with Crippen LogP contribution in [0.4, 0.5) is 0 Å². The van der Waals surface area contributed by atoms with Gasteiger partial charge in [-0.05, 0) is 54.6 Å². The van der Waals surface area contributed by atoms with E-state index in [0.717, 1.165) is 13.0 Å². The van der Waals surface area contributed by atoms with Crippen molar-refractivity contribution in [2.24, 2.45) is 5.41 Å². The monoisotopic (exact) mass is 255 g/mol. The smallest absolute Gasteiger partial charge is 0.00468 e. The summed E-state index contributed by atoms with van der Waals surface area (Å²) in [7, 11) is 2.03. The summed E-state index contributed by atoms with van der Waals surface area (Å²) in [5, 5.41) is 6.02. The molecule has 0 aromatic heterocycles. The third-order valence-electron chi connectivity index (χ3n) is 4.00. The summed E-state index contributed by atoms with van der Waals surface area (Å²) in [6, 6.07) is 15.3. The van der Waals surface area contributed by atoms with E-state index >= 15 is 0 Å². The molecule has 0 radical (unpaired) electrons. The van der Waals surface area contributed by atoms with Crippen LogP contribution in [0, 0.1) is 5.41 Å². The SMILES string of the molecule is CNCCC(C)(C)CCc1cccc2ccccc12. The van der Waals surface area contributed by atoms with Crippen molar-refractivity contribution in [1.82, 2.24) is 5.32 Å². The zero-order valence-electron chi connectivity index (χ0n) is 12.4. The molecular formula is C18H25N. The second-order valence-electron chi connectivity index (χ2n) is 6.16. The van der Waals surface area contributed by atoms with Crippen LogP contribution in [0.1, 0.15) is 32.3 Å². The van der Waals surface area contributed by atoms with Crippen molar-refractivity contribution >= 4 is 10.8 Å². The van der Waals surface area contributed by atoms with Crippen molar-refractivity contribution in [1.29, 1.82) is 0 Å². The Labute approximate surface area is 117 Å². The van der Waals surface area contributed by atoms with E-state index < -0.39 is 0 Å². The molecule has 0 spiro atoms. The van der Waals surface area contributed by atoms with Gasteiger partial charge in [0.2, 0.25) is 0 Å². The number of fused-ring (bicyclic) bond motifs is 1. The molecule has 0 atom stereocenters. The van der Waals surface area contributed by atoms with Crippen LogP contribution in [-0.2, 0) is 6.42 Å². The van der Waals surface area contributed by atoms with Crippen molar-refractivity contribution < 1.29 is 0 Å². The minimum Gasteiger partial charge on any atom is -0.320 e. The molecule has 0 unspecified atom stereocenters. The van der Waals surface area contributed by atoms with Gasteiger partial charge in [0.05, 0.1) is 0 Å². The fourth-order valence-corrected chi connectivity index (χ4v) is 2.57. The maximum absolute atomic E-state index is 3.25. The van der Waals surface area contributed by atoms with Gasteiger partial charge in [0.25, 0.3) is 0 Å². The van der Waals surface area contributed by atoms with Crippen LogP contribution in [0.15, 0.2) is 42.5 Å². The molecular weight excluding hydrogens is 230 g/mol. The van der Waals surface area contributed by atoms with Crippen LogP contribution >= 0.6 is 0 Å². The number of rotatable bonds is 6. The normalized spacial score (nSPS) is 11.9. The summed E-state index contributed by atoms with van der Waals surface area (Å²) >= 11 is 0. The summed E-state index contributed by atoms with van der Waals surface area (Å²) in [6.07, 6.45) is 3.63. The van der Waals surface area contributed by atoms with Crippen LogP contribution in [0.3, 0.4) is 0 Å². The van der Waals surface area contributed by atoms with Gasteiger partial charge >= 0.3 is 0 Å². The first kappa shape index (κ1) is 14.1. The Balaban J connectivity index is 2.09. The minimum atomic E-state index is 0.403. The minimum absolute atomic E-state index is 0.403. The summed E-state index contributed by atoms with van der Waals surface area (Å²) in [6.45, 7) is 5.84. The molecule has 0 aliphatic carbocycles. The maximum Gasteiger partial charge on any atom is -0.00468 e. The van der Waals surface area contributed by atoms with Crippen molar-refractivity contribution in [3.8, 4) is 0 Å². The van der Waals surface area contributed by atoms with E-state index in [1.165, 1.54) is 29.2 Å². The van der Waals surface area contributed by atoms with E-state index in [1.807, 2.05) is 7.05 Å². The fourth-order valence-electron chi connectivity index (χ4n) is 2.57. The Bertz CT molecular complexity index is 523. The van der Waals surface area contributed by atoms with E-state index in [1.54, 1.807) is 0 Å². The molecule has 102 valence electrons. The van der Waals surface area contributed by atoms with E-state index in [-0.39, 0.29) is 0 Å². The van der Waals surface area contributed by atoms with Gasteiger partial charge in [-0.3, -0.25) is 0 Å². The highest BCUT2D eigenvalue weighted by atomic mass is 14.8. The van der Waals surface area contributed by atoms with Crippen molar-refractivity contribution in [2.75, 3.05) is 13.6 Å². The van der Waals surface area contributed by atoms with E-state index in [4.69, 9.17) is 0 Å². The van der Waals surface area contributed by atoms with Crippen LogP contribution in [0.5, 0.6) is 0 Å². The van der Waals surface area contributed by atoms with Gasteiger partial charge in [0.15, 0.2) is 0 Å². The summed E-state index contributed by atoms with van der Waals surface area (Å²) in [4.78, 5) is 0. The molecule has 2 rings (SSSR count). The van der Waals surface area contributed by atoms with Gasteiger partial charge in [-0.2, -0.15) is 0 Å². The average Bonchev–Trinajstić information content (AvgIpc) is 2.43. The Kier molecular flexibility index (Phi) is 4.60. The quantitative estimate of drug-likeness (QED) is 0.806. The molecule has 0 heterocycles. The van der Waals surface area contributed by atoms with Crippen LogP contribution < -0.4 is 5.32 Å². The summed E-state index contributed by atoms with van der Waals surface area (Å²) < 4.78 is 0. The van der Waals surface area contributed by atoms with Gasteiger partial charge in [-0.1, -0.05) is 56.3 Å². The molecule has 0 saturated carbocycles. The fraction of sp³-hybridized carbons (Fsp3) is 0.444. The Hall–Kier alpha value is -1.34. The third kappa shape index (κ3) is 3.81. The summed E-state index contributed by atoms with van der Waals surface area (Å²) in [5.41, 5.74) is 1.88. The molecule has 0 aliphatic rings. The molecule has 2 aromatic rings. The molecule has 1 N–H and O–H groups in total. The van der Waals surface area contributed by atoms with Crippen molar-refractivity contribution in [2.45, 2.75) is 33.1 Å². The number of nitrogens with one attached hydrogen (secondary N) is 1. The molecule has 0 bridgehead atoms. The molecule has 0 aliphatic heterocycles. The molecule has 1 heteroatoms. The molecule has 0 amide bonds. The van der Waals surface area contributed by atoms with E-state index in [9.17, 15) is 0 Å². The highest BCUT2D eigenvalue weighted by Crippen LogP contribution is 2.28. The maximum atomic E-state index is 3.25. The molecule has 19 heavy (non-hydrogen) atoms. The second-order valence-corrected chi connectivity index (χ2v) is 6.16. The third-order valence-corrected chi connectivity index (χ3v) is 4.00. The first-order chi connectivity index (χ1) is 9.12. The van der Waals surface area contributed by atoms with Crippen LogP contribution in [-0.4, -0.2) is 13.6 Å². The average molecular weight is 255 g/mol. The number of hydrogen-bond donors (Lipinski definition) is 1. The van der Waals surface area contributed by atoms with E-state index in [0.29, 0.717) is 5.41 Å². The summed E-state index contributed by atoms with van der Waals surface area (Å²) in [5.74, 6) is 0. The second kappa shape index (κ2) is 6.21. The van der Waals surface area contributed by atoms with Crippen LogP contribution in [0.2, 0.25) is 0 Å². The highest BCUT2D eigenvalue weighted by Gasteiger charge is 2.17. The van der Waals surface area contributed by atoms with Gasteiger partial charge in [0.1, 0.15) is 0 Å². The standard InChI is InChI=1S/C18H25N/c1-18(2,13-14-19-3)12-11-16-9-6-8-15-7-4-5-10-17(15)16/h4-10,19H,11-14H2,1-3H3. The molecule has 0 fully saturated rings. The number of aryl methyl sites for hydroxylation is 1. The number of hydrogen-bond acceptors (Lipinski definition) is 1. The molecule has 1 nitrogen and oxygen atoms in total. The van der Waals surface area contributed by atoms with Crippen molar-refractivity contribution in [3.63, 3.8) is 0 Å². The van der Waals surface area contributed by atoms with Gasteiger partial charge < -0.3 is 5.32 Å². The largest absolute Gasteiger partial charge is 0.320 e. The number of benzene rings is 2. The Morgan fingerprint density at radius 2 is 1.68 bits per heavy atom. The topological polar surface area (TPSA) is 12.0 Å². The predicted octanol–water partition coefficient (Wildman–Crippen LogP) is 4.41. The van der Waals surface area contributed by atoms with Gasteiger partial charge in [0, 0.05) is 0 Å².